The average molecular weight is 454 g/mol. The molecule has 9 nitrogen and oxygen atoms in total. The van der Waals surface area contributed by atoms with E-state index in [0.717, 1.165) is 11.3 Å². The monoisotopic (exact) mass is 453 g/mol. The zero-order chi connectivity index (χ0) is 23.2. The number of carbonyl (C=O) groups excluding carboxylic acids is 4. The number of nitrogens with one attached hydrogen (secondary N) is 2. The molecule has 31 heavy (non-hydrogen) atoms. The SMILES string of the molecule is CCOC(=O)N1CCC(NC(=O)COC(=O)c2sc(NC(=O)C(C)(C)C)cc2C)CC1. The van der Waals surface area contributed by atoms with Gasteiger partial charge in [-0.2, -0.15) is 0 Å². The van der Waals surface area contributed by atoms with Crippen molar-refractivity contribution in [2.75, 3.05) is 31.6 Å². The van der Waals surface area contributed by atoms with Crippen molar-refractivity contribution < 1.29 is 28.7 Å². The molecule has 0 aromatic carbocycles. The molecule has 0 radical (unpaired) electrons. The molecule has 0 saturated carbocycles. The van der Waals surface area contributed by atoms with Crippen LogP contribution in [0, 0.1) is 12.3 Å². The van der Waals surface area contributed by atoms with E-state index < -0.39 is 23.9 Å². The second-order valence-electron chi connectivity index (χ2n) is 8.43. The van der Waals surface area contributed by atoms with Crippen LogP contribution < -0.4 is 10.6 Å². The molecule has 0 bridgehead atoms. The normalized spacial score (nSPS) is 14.7. The molecule has 2 heterocycles. The van der Waals surface area contributed by atoms with Crippen LogP contribution in [-0.4, -0.2) is 61.1 Å². The lowest BCUT2D eigenvalue weighted by molar-refractivity contribution is -0.125. The molecule has 3 amide bonds. The highest BCUT2D eigenvalue weighted by Gasteiger charge is 2.26. The maximum absolute atomic E-state index is 12.4. The predicted molar refractivity (Wildman–Crippen MR) is 117 cm³/mol. The number of carbonyl (C=O) groups is 4. The van der Waals surface area contributed by atoms with E-state index in [1.807, 2.05) is 0 Å². The largest absolute Gasteiger partial charge is 0.451 e. The number of likely N-dealkylation sites (tertiary alicyclic amines) is 1. The van der Waals surface area contributed by atoms with Gasteiger partial charge in [-0.3, -0.25) is 9.59 Å². The third-order valence-corrected chi connectivity index (χ3v) is 5.87. The van der Waals surface area contributed by atoms with Gasteiger partial charge in [-0.15, -0.1) is 11.3 Å². The summed E-state index contributed by atoms with van der Waals surface area (Å²) in [6.45, 7) is 9.85. The lowest BCUT2D eigenvalue weighted by Gasteiger charge is -2.31. The van der Waals surface area contributed by atoms with Crippen molar-refractivity contribution in [3.05, 3.63) is 16.5 Å². The topological polar surface area (TPSA) is 114 Å². The molecule has 1 aliphatic rings. The first-order valence-corrected chi connectivity index (χ1v) is 11.1. The van der Waals surface area contributed by atoms with E-state index in [1.54, 1.807) is 45.6 Å². The van der Waals surface area contributed by atoms with E-state index >= 15 is 0 Å². The number of aryl methyl sites for hydroxylation is 1. The maximum atomic E-state index is 12.4. The van der Waals surface area contributed by atoms with Crippen LogP contribution in [0.5, 0.6) is 0 Å². The molecule has 0 aliphatic carbocycles. The molecule has 0 unspecified atom stereocenters. The van der Waals surface area contributed by atoms with Crippen molar-refractivity contribution in [2.45, 2.75) is 53.5 Å². The van der Waals surface area contributed by atoms with Gasteiger partial charge < -0.3 is 25.0 Å². The lowest BCUT2D eigenvalue weighted by Crippen LogP contribution is -2.47. The second-order valence-corrected chi connectivity index (χ2v) is 9.48. The Morgan fingerprint density at radius 1 is 1.16 bits per heavy atom. The van der Waals surface area contributed by atoms with Gasteiger partial charge in [-0.25, -0.2) is 9.59 Å². The van der Waals surface area contributed by atoms with Gasteiger partial charge >= 0.3 is 12.1 Å². The summed E-state index contributed by atoms with van der Waals surface area (Å²) in [6, 6.07) is 1.63. The van der Waals surface area contributed by atoms with Gasteiger partial charge in [0.2, 0.25) is 5.91 Å². The molecule has 0 spiro atoms. The Labute approximate surface area is 186 Å². The van der Waals surface area contributed by atoms with Gasteiger partial charge in [0, 0.05) is 24.5 Å². The highest BCUT2D eigenvalue weighted by molar-refractivity contribution is 7.18. The molecule has 10 heteroatoms. The fourth-order valence-electron chi connectivity index (χ4n) is 2.93. The van der Waals surface area contributed by atoms with Crippen LogP contribution in [0.25, 0.3) is 0 Å². The van der Waals surface area contributed by atoms with Crippen LogP contribution >= 0.6 is 11.3 Å². The van der Waals surface area contributed by atoms with Crippen LogP contribution in [0.4, 0.5) is 9.80 Å². The summed E-state index contributed by atoms with van der Waals surface area (Å²) in [5, 5.41) is 6.18. The summed E-state index contributed by atoms with van der Waals surface area (Å²) < 4.78 is 10.1. The molecular formula is C21H31N3O6S. The van der Waals surface area contributed by atoms with Gasteiger partial charge in [-0.1, -0.05) is 20.8 Å². The van der Waals surface area contributed by atoms with Crippen LogP contribution in [0.3, 0.4) is 0 Å². The Bertz CT molecular complexity index is 822. The molecule has 1 aliphatic heterocycles. The van der Waals surface area contributed by atoms with Gasteiger partial charge in [0.1, 0.15) is 4.88 Å². The molecule has 2 rings (SSSR count). The van der Waals surface area contributed by atoms with Gasteiger partial charge in [0.25, 0.3) is 5.91 Å². The van der Waals surface area contributed by atoms with E-state index in [2.05, 4.69) is 10.6 Å². The number of rotatable bonds is 6. The smallest absolute Gasteiger partial charge is 0.409 e. The highest BCUT2D eigenvalue weighted by atomic mass is 32.1. The Morgan fingerprint density at radius 2 is 1.81 bits per heavy atom. The molecular weight excluding hydrogens is 422 g/mol. The van der Waals surface area contributed by atoms with E-state index in [0.29, 0.717) is 48.0 Å². The van der Waals surface area contributed by atoms with Gasteiger partial charge in [-0.05, 0) is 38.3 Å². The number of amides is 3. The van der Waals surface area contributed by atoms with Crippen LogP contribution in [0.15, 0.2) is 6.07 Å². The Balaban J connectivity index is 1.79. The van der Waals surface area contributed by atoms with Crippen molar-refractivity contribution in [2.24, 2.45) is 5.41 Å². The van der Waals surface area contributed by atoms with Crippen molar-refractivity contribution in [1.82, 2.24) is 10.2 Å². The molecule has 2 N–H and O–H groups in total. The summed E-state index contributed by atoms with van der Waals surface area (Å²) in [5.41, 5.74) is 0.120. The number of nitrogens with zero attached hydrogens (tertiary/aromatic N) is 1. The van der Waals surface area contributed by atoms with E-state index in [4.69, 9.17) is 9.47 Å². The predicted octanol–water partition coefficient (Wildman–Crippen LogP) is 2.94. The summed E-state index contributed by atoms with van der Waals surface area (Å²) in [4.78, 5) is 50.3. The number of hydrogen-bond acceptors (Lipinski definition) is 7. The van der Waals surface area contributed by atoms with Gasteiger partial charge in [0.15, 0.2) is 6.61 Å². The molecule has 172 valence electrons. The summed E-state index contributed by atoms with van der Waals surface area (Å²) in [5.74, 6) is -1.15. The third-order valence-electron chi connectivity index (χ3n) is 4.74. The van der Waals surface area contributed by atoms with E-state index in [1.165, 1.54) is 0 Å². The average Bonchev–Trinajstić information content (AvgIpc) is 3.06. The fourth-order valence-corrected chi connectivity index (χ4v) is 3.89. The number of thiophene rings is 1. The minimum atomic E-state index is -0.606. The Kier molecular flexibility index (Phi) is 8.43. The third kappa shape index (κ3) is 7.23. The molecule has 0 atom stereocenters. The number of piperidine rings is 1. The number of esters is 1. The standard InChI is InChI=1S/C21H31N3O6S/c1-6-29-20(28)24-9-7-14(8-10-24)22-15(25)12-30-18(26)17-13(2)11-16(31-17)23-19(27)21(3,4)5/h11,14H,6-10,12H2,1-5H3,(H,22,25)(H,23,27). The number of ether oxygens (including phenoxy) is 2. The van der Waals surface area contributed by atoms with E-state index in [9.17, 15) is 19.2 Å². The summed E-state index contributed by atoms with van der Waals surface area (Å²) >= 11 is 1.12. The van der Waals surface area contributed by atoms with Crippen molar-refractivity contribution >= 4 is 40.2 Å². The highest BCUT2D eigenvalue weighted by Crippen LogP contribution is 2.29. The Morgan fingerprint density at radius 3 is 2.39 bits per heavy atom. The van der Waals surface area contributed by atoms with Crippen molar-refractivity contribution in [3.8, 4) is 0 Å². The summed E-state index contributed by atoms with van der Waals surface area (Å²) in [6.07, 6.45) is 0.879. The summed E-state index contributed by atoms with van der Waals surface area (Å²) in [7, 11) is 0. The molecule has 1 aromatic heterocycles. The van der Waals surface area contributed by atoms with Crippen LogP contribution in [0.1, 0.15) is 55.8 Å². The molecule has 1 saturated heterocycles. The second kappa shape index (κ2) is 10.6. The minimum absolute atomic E-state index is 0.0837. The van der Waals surface area contributed by atoms with Crippen molar-refractivity contribution in [3.63, 3.8) is 0 Å². The zero-order valence-electron chi connectivity index (χ0n) is 18.7. The fraction of sp³-hybridized carbons (Fsp3) is 0.619. The zero-order valence-corrected chi connectivity index (χ0v) is 19.5. The van der Waals surface area contributed by atoms with Gasteiger partial charge in [0.05, 0.1) is 11.6 Å². The number of hydrogen-bond donors (Lipinski definition) is 2. The van der Waals surface area contributed by atoms with Crippen LogP contribution in [0.2, 0.25) is 0 Å². The van der Waals surface area contributed by atoms with E-state index in [-0.39, 0.29) is 18.0 Å². The number of anilines is 1. The first kappa shape index (κ1) is 24.6. The first-order valence-electron chi connectivity index (χ1n) is 10.3. The Hall–Kier alpha value is -2.62. The van der Waals surface area contributed by atoms with Crippen molar-refractivity contribution in [1.29, 1.82) is 0 Å². The molecule has 1 fully saturated rings. The quantitative estimate of drug-likeness (QED) is 0.640. The lowest BCUT2D eigenvalue weighted by atomic mass is 9.96. The maximum Gasteiger partial charge on any atom is 0.409 e. The molecule has 1 aromatic rings. The minimum Gasteiger partial charge on any atom is -0.451 e. The first-order chi connectivity index (χ1) is 14.5. The van der Waals surface area contributed by atoms with Crippen LogP contribution in [-0.2, 0) is 19.1 Å².